The van der Waals surface area contributed by atoms with Gasteiger partial charge in [-0.3, -0.25) is 9.59 Å². The van der Waals surface area contributed by atoms with Crippen molar-refractivity contribution in [3.05, 3.63) is 21.7 Å². The summed E-state index contributed by atoms with van der Waals surface area (Å²) in [5.74, 6) is 0.139. The molecule has 5 nitrogen and oxygen atoms in total. The van der Waals surface area contributed by atoms with Crippen LogP contribution < -0.4 is 15.2 Å². The Hall–Kier alpha value is -1.40. The molecule has 0 amide bonds. The van der Waals surface area contributed by atoms with Crippen LogP contribution >= 0.6 is 15.9 Å². The van der Waals surface area contributed by atoms with Gasteiger partial charge in [0.15, 0.2) is 23.6 Å². The summed E-state index contributed by atoms with van der Waals surface area (Å²) in [4.78, 5) is 22.6. The number of hydrogen-bond acceptors (Lipinski definition) is 5. The minimum Gasteiger partial charge on any atom is -0.492 e. The zero-order chi connectivity index (χ0) is 13.0. The number of rotatable bonds is 5. The van der Waals surface area contributed by atoms with E-state index < -0.39 is 0 Å². The van der Waals surface area contributed by atoms with Gasteiger partial charge >= 0.3 is 0 Å². The number of Topliss-reactive ketones (excluding diaryl/α,β-unsaturated/α-hetero) is 1. The van der Waals surface area contributed by atoms with Crippen LogP contribution in [0.15, 0.2) is 10.5 Å². The Kier molecular flexibility index (Phi) is 4.65. The number of methoxy groups -OCH3 is 2. The lowest BCUT2D eigenvalue weighted by molar-refractivity contribution is 0.0996. The molecule has 92 valence electrons. The van der Waals surface area contributed by atoms with Crippen molar-refractivity contribution in [2.24, 2.45) is 5.73 Å². The van der Waals surface area contributed by atoms with Gasteiger partial charge in [-0.1, -0.05) is 0 Å². The molecular weight excluding hydrogens is 290 g/mol. The summed E-state index contributed by atoms with van der Waals surface area (Å²) in [6.45, 7) is -0.146. The highest BCUT2D eigenvalue weighted by Crippen LogP contribution is 2.38. The largest absolute Gasteiger partial charge is 0.492 e. The second kappa shape index (κ2) is 5.79. The van der Waals surface area contributed by atoms with Gasteiger partial charge < -0.3 is 15.2 Å². The van der Waals surface area contributed by atoms with Crippen LogP contribution in [0.2, 0.25) is 0 Å². The van der Waals surface area contributed by atoms with Gasteiger partial charge in [0.2, 0.25) is 0 Å². The molecule has 6 heteroatoms. The van der Waals surface area contributed by atoms with Crippen LogP contribution in [0.5, 0.6) is 11.5 Å². The van der Waals surface area contributed by atoms with Gasteiger partial charge in [-0.15, -0.1) is 0 Å². The van der Waals surface area contributed by atoms with Crippen molar-refractivity contribution >= 4 is 28.0 Å². The number of aldehydes is 1. The molecule has 0 atom stereocenters. The molecule has 0 unspecified atom stereocenters. The lowest BCUT2D eigenvalue weighted by Crippen LogP contribution is -2.15. The number of carbonyl (C=O) groups is 2. The summed E-state index contributed by atoms with van der Waals surface area (Å²) in [6.07, 6.45) is 0.627. The zero-order valence-corrected chi connectivity index (χ0v) is 11.0. The first-order valence-electron chi connectivity index (χ1n) is 4.73. The Morgan fingerprint density at radius 3 is 2.41 bits per heavy atom. The minimum atomic E-state index is -0.293. The zero-order valence-electron chi connectivity index (χ0n) is 9.45. The van der Waals surface area contributed by atoms with Crippen molar-refractivity contribution < 1.29 is 19.1 Å². The van der Waals surface area contributed by atoms with Crippen LogP contribution in [0.4, 0.5) is 0 Å². The molecule has 2 N–H and O–H groups in total. The fraction of sp³-hybridized carbons (Fsp3) is 0.273. The number of ether oxygens (including phenoxy) is 2. The summed E-state index contributed by atoms with van der Waals surface area (Å²) >= 11 is 3.20. The highest BCUT2D eigenvalue weighted by atomic mass is 79.9. The third-order valence-electron chi connectivity index (χ3n) is 2.24. The van der Waals surface area contributed by atoms with Gasteiger partial charge in [-0.25, -0.2) is 0 Å². The predicted molar refractivity (Wildman–Crippen MR) is 66.0 cm³/mol. The molecule has 0 spiro atoms. The smallest absolute Gasteiger partial charge is 0.180 e. The first-order chi connectivity index (χ1) is 8.10. The minimum absolute atomic E-state index is 0.146. The summed E-state index contributed by atoms with van der Waals surface area (Å²) in [5, 5.41) is 0. The molecule has 0 heterocycles. The Morgan fingerprint density at radius 2 is 2.00 bits per heavy atom. The quantitative estimate of drug-likeness (QED) is 0.657. The Balaban J connectivity index is 3.58. The summed E-state index contributed by atoms with van der Waals surface area (Å²) < 4.78 is 10.7. The number of hydrogen-bond donors (Lipinski definition) is 1. The fourth-order valence-electron chi connectivity index (χ4n) is 1.46. The van der Waals surface area contributed by atoms with Crippen LogP contribution in [0.25, 0.3) is 0 Å². The molecule has 0 aliphatic heterocycles. The third kappa shape index (κ3) is 2.48. The van der Waals surface area contributed by atoms with Crippen molar-refractivity contribution in [1.29, 1.82) is 0 Å². The second-order valence-electron chi connectivity index (χ2n) is 3.13. The Morgan fingerprint density at radius 1 is 1.41 bits per heavy atom. The molecule has 0 radical (unpaired) electrons. The van der Waals surface area contributed by atoms with E-state index in [1.165, 1.54) is 20.3 Å². The maximum atomic E-state index is 11.6. The number of carbonyl (C=O) groups excluding carboxylic acids is 2. The van der Waals surface area contributed by atoms with Gasteiger partial charge in [0.25, 0.3) is 0 Å². The molecule has 17 heavy (non-hydrogen) atoms. The van der Waals surface area contributed by atoms with E-state index in [1.807, 2.05) is 0 Å². The summed E-state index contributed by atoms with van der Waals surface area (Å²) in [5.41, 5.74) is 5.88. The van der Waals surface area contributed by atoms with Gasteiger partial charge in [0.1, 0.15) is 0 Å². The van der Waals surface area contributed by atoms with E-state index in [-0.39, 0.29) is 35.0 Å². The number of ketones is 1. The van der Waals surface area contributed by atoms with E-state index in [4.69, 9.17) is 15.2 Å². The number of nitrogens with two attached hydrogens (primary N) is 1. The van der Waals surface area contributed by atoms with Crippen molar-refractivity contribution in [2.75, 3.05) is 20.8 Å². The molecule has 1 aromatic carbocycles. The third-order valence-corrected chi connectivity index (χ3v) is 2.89. The predicted octanol–water partition coefficient (Wildman–Crippen LogP) is 1.42. The first-order valence-corrected chi connectivity index (χ1v) is 5.52. The summed E-state index contributed by atoms with van der Waals surface area (Å²) in [6, 6.07) is 1.50. The Labute approximate surface area is 107 Å². The molecule has 1 rings (SSSR count). The lowest BCUT2D eigenvalue weighted by Gasteiger charge is -2.14. The highest BCUT2D eigenvalue weighted by Gasteiger charge is 2.21. The monoisotopic (exact) mass is 301 g/mol. The van der Waals surface area contributed by atoms with Crippen LogP contribution in [-0.2, 0) is 0 Å². The SMILES string of the molecule is COc1c(C(=O)CN)cc(Br)c(C=O)c1OC. The molecular formula is C11H12BrNO4. The van der Waals surface area contributed by atoms with Gasteiger partial charge in [0, 0.05) is 4.47 Å². The molecule has 0 fully saturated rings. The van der Waals surface area contributed by atoms with Crippen molar-refractivity contribution in [3.8, 4) is 11.5 Å². The van der Waals surface area contributed by atoms with Crippen LogP contribution in [-0.4, -0.2) is 32.8 Å². The van der Waals surface area contributed by atoms with E-state index in [9.17, 15) is 9.59 Å². The summed E-state index contributed by atoms with van der Waals surface area (Å²) in [7, 11) is 2.79. The van der Waals surface area contributed by atoms with E-state index in [1.54, 1.807) is 0 Å². The van der Waals surface area contributed by atoms with Crippen LogP contribution in [0.1, 0.15) is 20.7 Å². The van der Waals surface area contributed by atoms with Gasteiger partial charge in [-0.2, -0.15) is 0 Å². The first kappa shape index (κ1) is 13.7. The molecule has 1 aromatic rings. The standard InChI is InChI=1S/C11H12BrNO4/c1-16-10-6(9(15)4-13)3-8(12)7(5-14)11(10)17-2/h3,5H,4,13H2,1-2H3. The average molecular weight is 302 g/mol. The highest BCUT2D eigenvalue weighted by molar-refractivity contribution is 9.10. The van der Waals surface area contributed by atoms with E-state index in [0.717, 1.165) is 0 Å². The van der Waals surface area contributed by atoms with Crippen LogP contribution in [0, 0.1) is 0 Å². The normalized spacial score (nSPS) is 9.88. The lowest BCUT2D eigenvalue weighted by atomic mass is 10.1. The van der Waals surface area contributed by atoms with Gasteiger partial charge in [0.05, 0.1) is 31.9 Å². The topological polar surface area (TPSA) is 78.6 Å². The maximum absolute atomic E-state index is 11.6. The number of halogens is 1. The number of benzene rings is 1. The van der Waals surface area contributed by atoms with Crippen molar-refractivity contribution in [3.63, 3.8) is 0 Å². The van der Waals surface area contributed by atoms with E-state index >= 15 is 0 Å². The average Bonchev–Trinajstić information content (AvgIpc) is 2.36. The Bertz CT molecular complexity index is 459. The molecule has 0 aliphatic carbocycles. The molecule has 0 saturated carbocycles. The molecule has 0 saturated heterocycles. The van der Waals surface area contributed by atoms with Crippen molar-refractivity contribution in [2.45, 2.75) is 0 Å². The van der Waals surface area contributed by atoms with Crippen LogP contribution in [0.3, 0.4) is 0 Å². The second-order valence-corrected chi connectivity index (χ2v) is 3.99. The molecule has 0 bridgehead atoms. The molecule has 0 aromatic heterocycles. The van der Waals surface area contributed by atoms with E-state index in [2.05, 4.69) is 15.9 Å². The maximum Gasteiger partial charge on any atom is 0.180 e. The van der Waals surface area contributed by atoms with E-state index in [0.29, 0.717) is 10.8 Å². The fourth-order valence-corrected chi connectivity index (χ4v) is 1.96. The van der Waals surface area contributed by atoms with Crippen molar-refractivity contribution in [1.82, 2.24) is 0 Å². The molecule has 0 aliphatic rings. The van der Waals surface area contributed by atoms with Gasteiger partial charge in [-0.05, 0) is 22.0 Å².